The zero-order valence-corrected chi connectivity index (χ0v) is 10.8. The Kier molecular flexibility index (Phi) is 3.21. The average molecular weight is 284 g/mol. The Morgan fingerprint density at radius 1 is 1.42 bits per heavy atom. The van der Waals surface area contributed by atoms with Gasteiger partial charge in [-0.3, -0.25) is 4.55 Å². The molecular formula is C11H12N2O5S. The standard InChI is InChI=1S/C11H12N2O5S/c1-6-8-3-2-7(13-5-19(15,16)17)4-9(8)18-11(14)10(6)12/h2-4,13H,5,12H2,1H3,(H,15,16,17). The molecule has 102 valence electrons. The molecule has 1 heterocycles. The smallest absolute Gasteiger partial charge is 0.359 e. The molecule has 4 N–H and O–H groups in total. The molecule has 2 aromatic rings. The lowest BCUT2D eigenvalue weighted by atomic mass is 10.1. The number of nitrogens with one attached hydrogen (secondary N) is 1. The van der Waals surface area contributed by atoms with Crippen LogP contribution in [-0.4, -0.2) is 18.8 Å². The molecule has 0 aliphatic rings. The highest BCUT2D eigenvalue weighted by Crippen LogP contribution is 2.23. The molecule has 7 nitrogen and oxygen atoms in total. The summed E-state index contributed by atoms with van der Waals surface area (Å²) in [7, 11) is -4.12. The van der Waals surface area contributed by atoms with Gasteiger partial charge in [0.25, 0.3) is 10.1 Å². The van der Waals surface area contributed by atoms with E-state index in [1.54, 1.807) is 19.1 Å². The normalized spacial score (nSPS) is 11.7. The number of benzene rings is 1. The van der Waals surface area contributed by atoms with Gasteiger partial charge in [0.2, 0.25) is 0 Å². The van der Waals surface area contributed by atoms with Gasteiger partial charge < -0.3 is 15.5 Å². The predicted molar refractivity (Wildman–Crippen MR) is 71.7 cm³/mol. The van der Waals surface area contributed by atoms with Crippen molar-refractivity contribution >= 4 is 32.5 Å². The fourth-order valence-electron chi connectivity index (χ4n) is 1.65. The van der Waals surface area contributed by atoms with Crippen molar-refractivity contribution in [3.63, 3.8) is 0 Å². The molecule has 0 aliphatic carbocycles. The molecule has 0 atom stereocenters. The predicted octanol–water partition coefficient (Wildman–Crippen LogP) is 0.941. The van der Waals surface area contributed by atoms with Gasteiger partial charge in [-0.25, -0.2) is 4.79 Å². The number of aryl methyl sites for hydroxylation is 1. The molecule has 19 heavy (non-hydrogen) atoms. The van der Waals surface area contributed by atoms with E-state index in [2.05, 4.69) is 5.32 Å². The van der Waals surface area contributed by atoms with E-state index in [0.29, 0.717) is 16.6 Å². The van der Waals surface area contributed by atoms with Crippen LogP contribution in [0.25, 0.3) is 11.0 Å². The van der Waals surface area contributed by atoms with Crippen LogP contribution in [0.15, 0.2) is 27.4 Å². The SMILES string of the molecule is Cc1c(N)c(=O)oc2cc(NCS(=O)(=O)O)ccc12. The number of hydrogen-bond donors (Lipinski definition) is 3. The van der Waals surface area contributed by atoms with Crippen LogP contribution in [-0.2, 0) is 10.1 Å². The minimum absolute atomic E-state index is 0.0474. The summed E-state index contributed by atoms with van der Waals surface area (Å²) in [6, 6.07) is 4.71. The first kappa shape index (κ1) is 13.4. The minimum atomic E-state index is -4.12. The summed E-state index contributed by atoms with van der Waals surface area (Å²) in [5.41, 5.74) is 6.27. The average Bonchev–Trinajstić information content (AvgIpc) is 2.32. The van der Waals surface area contributed by atoms with Crippen LogP contribution in [0.4, 0.5) is 11.4 Å². The van der Waals surface area contributed by atoms with Gasteiger partial charge in [-0.1, -0.05) is 0 Å². The Balaban J connectivity index is 2.47. The van der Waals surface area contributed by atoms with Gasteiger partial charge in [-0.15, -0.1) is 0 Å². The first-order valence-corrected chi connectivity index (χ1v) is 6.91. The van der Waals surface area contributed by atoms with Crippen LogP contribution >= 0.6 is 0 Å². The van der Waals surface area contributed by atoms with E-state index >= 15 is 0 Å². The Morgan fingerprint density at radius 2 is 2.11 bits per heavy atom. The maximum absolute atomic E-state index is 11.4. The Labute approximate surface area is 108 Å². The lowest BCUT2D eigenvalue weighted by Gasteiger charge is -2.07. The molecule has 2 rings (SSSR count). The van der Waals surface area contributed by atoms with E-state index in [9.17, 15) is 13.2 Å². The lowest BCUT2D eigenvalue weighted by molar-refractivity contribution is 0.485. The summed E-state index contributed by atoms with van der Waals surface area (Å²) in [6.45, 7) is 1.69. The molecule has 1 aromatic heterocycles. The zero-order chi connectivity index (χ0) is 14.2. The molecule has 8 heteroatoms. The second-order valence-electron chi connectivity index (χ2n) is 4.04. The Bertz CT molecular complexity index is 795. The van der Waals surface area contributed by atoms with Gasteiger partial charge in [0.15, 0.2) is 0 Å². The molecule has 0 aliphatic heterocycles. The number of rotatable bonds is 3. The first-order chi connectivity index (χ1) is 8.78. The van der Waals surface area contributed by atoms with Crippen molar-refractivity contribution in [2.24, 2.45) is 0 Å². The number of nitrogens with two attached hydrogens (primary N) is 1. The Morgan fingerprint density at radius 3 is 2.74 bits per heavy atom. The van der Waals surface area contributed by atoms with Crippen molar-refractivity contribution < 1.29 is 17.4 Å². The summed E-state index contributed by atoms with van der Waals surface area (Å²) in [6.07, 6.45) is 0. The Hall–Kier alpha value is -2.06. The second kappa shape index (κ2) is 4.56. The van der Waals surface area contributed by atoms with Crippen molar-refractivity contribution in [1.82, 2.24) is 0 Å². The molecular weight excluding hydrogens is 272 g/mol. The monoisotopic (exact) mass is 284 g/mol. The largest absolute Gasteiger partial charge is 0.421 e. The lowest BCUT2D eigenvalue weighted by Crippen LogP contribution is -2.13. The van der Waals surface area contributed by atoms with Crippen LogP contribution in [0.3, 0.4) is 0 Å². The number of fused-ring (bicyclic) bond motifs is 1. The van der Waals surface area contributed by atoms with Crippen LogP contribution in [0.2, 0.25) is 0 Å². The van der Waals surface area contributed by atoms with E-state index in [4.69, 9.17) is 14.7 Å². The highest BCUT2D eigenvalue weighted by molar-refractivity contribution is 7.85. The quantitative estimate of drug-likeness (QED) is 0.566. The highest BCUT2D eigenvalue weighted by Gasteiger charge is 2.09. The highest BCUT2D eigenvalue weighted by atomic mass is 32.2. The third-order valence-corrected chi connectivity index (χ3v) is 3.18. The maximum Gasteiger partial charge on any atom is 0.359 e. The number of anilines is 2. The molecule has 0 saturated carbocycles. The van der Waals surface area contributed by atoms with E-state index in [1.165, 1.54) is 6.07 Å². The summed E-state index contributed by atoms with van der Waals surface area (Å²) in [4.78, 5) is 11.4. The summed E-state index contributed by atoms with van der Waals surface area (Å²) >= 11 is 0. The van der Waals surface area contributed by atoms with Gasteiger partial charge in [-0.05, 0) is 24.6 Å². The molecule has 0 radical (unpaired) electrons. The van der Waals surface area contributed by atoms with Crippen molar-refractivity contribution in [1.29, 1.82) is 0 Å². The van der Waals surface area contributed by atoms with Gasteiger partial charge in [-0.2, -0.15) is 8.42 Å². The van der Waals surface area contributed by atoms with E-state index in [1.807, 2.05) is 0 Å². The minimum Gasteiger partial charge on any atom is -0.421 e. The van der Waals surface area contributed by atoms with Crippen molar-refractivity contribution in [2.45, 2.75) is 6.92 Å². The van der Waals surface area contributed by atoms with Crippen LogP contribution in [0.5, 0.6) is 0 Å². The second-order valence-corrected chi connectivity index (χ2v) is 5.49. The van der Waals surface area contributed by atoms with E-state index < -0.39 is 21.6 Å². The molecule has 0 fully saturated rings. The van der Waals surface area contributed by atoms with Crippen molar-refractivity contribution in [3.05, 3.63) is 34.2 Å². The molecule has 1 aromatic carbocycles. The first-order valence-electron chi connectivity index (χ1n) is 5.30. The molecule has 0 spiro atoms. The van der Waals surface area contributed by atoms with E-state index in [0.717, 1.165) is 0 Å². The molecule has 0 unspecified atom stereocenters. The third-order valence-electron chi connectivity index (χ3n) is 2.67. The van der Waals surface area contributed by atoms with Crippen molar-refractivity contribution in [3.8, 4) is 0 Å². The third kappa shape index (κ3) is 2.85. The topological polar surface area (TPSA) is 123 Å². The van der Waals surface area contributed by atoms with Crippen LogP contribution < -0.4 is 16.7 Å². The molecule has 0 amide bonds. The molecule has 0 bridgehead atoms. The summed E-state index contributed by atoms with van der Waals surface area (Å²) in [5, 5.41) is 3.16. The van der Waals surface area contributed by atoms with Gasteiger partial charge in [0, 0.05) is 17.1 Å². The van der Waals surface area contributed by atoms with Gasteiger partial charge >= 0.3 is 5.63 Å². The zero-order valence-electron chi connectivity index (χ0n) is 10.0. The summed E-state index contributed by atoms with van der Waals surface area (Å²) < 4.78 is 34.9. The fraction of sp³-hybridized carbons (Fsp3) is 0.182. The molecule has 0 saturated heterocycles. The maximum atomic E-state index is 11.4. The number of nitrogen functional groups attached to an aromatic ring is 1. The van der Waals surface area contributed by atoms with E-state index in [-0.39, 0.29) is 11.3 Å². The fourth-order valence-corrected chi connectivity index (χ4v) is 2.00. The van der Waals surface area contributed by atoms with Crippen LogP contribution in [0.1, 0.15) is 5.56 Å². The van der Waals surface area contributed by atoms with Crippen molar-refractivity contribution in [2.75, 3.05) is 16.9 Å². The summed E-state index contributed by atoms with van der Waals surface area (Å²) in [5.74, 6) is -0.628. The van der Waals surface area contributed by atoms with Gasteiger partial charge in [0.05, 0.1) is 0 Å². The number of hydrogen-bond acceptors (Lipinski definition) is 6. The van der Waals surface area contributed by atoms with Crippen LogP contribution in [0, 0.1) is 6.92 Å². The van der Waals surface area contributed by atoms with Gasteiger partial charge in [0.1, 0.15) is 17.1 Å².